The van der Waals surface area contributed by atoms with Crippen LogP contribution in [0.2, 0.25) is 0 Å². The van der Waals surface area contributed by atoms with Crippen molar-refractivity contribution in [2.24, 2.45) is 5.92 Å². The van der Waals surface area contributed by atoms with Crippen LogP contribution in [0.15, 0.2) is 47.2 Å². The quantitative estimate of drug-likeness (QED) is 0.671. The van der Waals surface area contributed by atoms with E-state index in [9.17, 15) is 15.2 Å². The first kappa shape index (κ1) is 20.1. The molecule has 4 rings (SSSR count). The van der Waals surface area contributed by atoms with Crippen molar-refractivity contribution in [1.29, 1.82) is 5.26 Å². The standard InChI is InChI=1S/C24H25N3O3/c1-24(2,29)17-4-6-18(7-5-17)27-23(28)15-3-8-19(16(13-15)14-25)22-20-10-12-30-21(20)9-11-26-22/h3,8-13,17-18,29H,4-7H2,1-2H3,(H,27,28)/t17-,18-. The molecule has 1 amide bonds. The van der Waals surface area contributed by atoms with Crippen molar-refractivity contribution in [2.75, 3.05) is 0 Å². The fourth-order valence-electron chi connectivity index (χ4n) is 4.31. The molecule has 0 spiro atoms. The molecule has 0 bridgehead atoms. The van der Waals surface area contributed by atoms with Crippen LogP contribution in [0.25, 0.3) is 22.2 Å². The molecular weight excluding hydrogens is 378 g/mol. The number of fused-ring (bicyclic) bond motifs is 1. The zero-order valence-corrected chi connectivity index (χ0v) is 17.2. The van der Waals surface area contributed by atoms with Gasteiger partial charge in [-0.25, -0.2) is 0 Å². The van der Waals surface area contributed by atoms with Gasteiger partial charge in [0.15, 0.2) is 0 Å². The van der Waals surface area contributed by atoms with Crippen LogP contribution in [0, 0.1) is 17.2 Å². The summed E-state index contributed by atoms with van der Waals surface area (Å²) in [5.74, 6) is 0.0764. The molecule has 3 aromatic rings. The zero-order chi connectivity index (χ0) is 21.3. The Morgan fingerprint density at radius 1 is 1.23 bits per heavy atom. The molecule has 0 unspecified atom stereocenters. The molecule has 1 aliphatic carbocycles. The number of hydrogen-bond acceptors (Lipinski definition) is 5. The van der Waals surface area contributed by atoms with Gasteiger partial charge in [0.1, 0.15) is 5.58 Å². The Morgan fingerprint density at radius 2 is 2.00 bits per heavy atom. The summed E-state index contributed by atoms with van der Waals surface area (Å²) in [5, 5.41) is 23.8. The number of amides is 1. The van der Waals surface area contributed by atoms with Gasteiger partial charge in [0.25, 0.3) is 5.91 Å². The van der Waals surface area contributed by atoms with Crippen LogP contribution in [0.4, 0.5) is 0 Å². The highest BCUT2D eigenvalue weighted by atomic mass is 16.3. The largest absolute Gasteiger partial charge is 0.464 e. The molecule has 6 nitrogen and oxygen atoms in total. The average molecular weight is 403 g/mol. The monoisotopic (exact) mass is 403 g/mol. The van der Waals surface area contributed by atoms with Gasteiger partial charge >= 0.3 is 0 Å². The molecule has 2 heterocycles. The number of rotatable bonds is 4. The first-order valence-corrected chi connectivity index (χ1v) is 10.3. The molecule has 2 aromatic heterocycles. The smallest absolute Gasteiger partial charge is 0.251 e. The van der Waals surface area contributed by atoms with Gasteiger partial charge in [-0.15, -0.1) is 0 Å². The zero-order valence-electron chi connectivity index (χ0n) is 17.2. The number of pyridine rings is 1. The first-order valence-electron chi connectivity index (χ1n) is 10.3. The molecule has 0 radical (unpaired) electrons. The van der Waals surface area contributed by atoms with Crippen LogP contribution in [0.1, 0.15) is 55.5 Å². The molecule has 0 atom stereocenters. The van der Waals surface area contributed by atoms with Gasteiger partial charge in [-0.3, -0.25) is 9.78 Å². The third-order valence-corrected chi connectivity index (χ3v) is 6.10. The van der Waals surface area contributed by atoms with Gasteiger partial charge in [-0.05, 0) is 69.7 Å². The van der Waals surface area contributed by atoms with E-state index in [1.54, 1.807) is 36.7 Å². The summed E-state index contributed by atoms with van der Waals surface area (Å²) in [6.07, 6.45) is 6.70. The highest BCUT2D eigenvalue weighted by Gasteiger charge is 2.31. The Bertz CT molecular complexity index is 1110. The van der Waals surface area contributed by atoms with Crippen molar-refractivity contribution in [2.45, 2.75) is 51.2 Å². The van der Waals surface area contributed by atoms with E-state index in [-0.39, 0.29) is 17.9 Å². The van der Waals surface area contributed by atoms with Crippen LogP contribution >= 0.6 is 0 Å². The van der Waals surface area contributed by atoms with Gasteiger partial charge in [-0.1, -0.05) is 6.07 Å². The Kier molecular flexibility index (Phi) is 5.31. The maximum absolute atomic E-state index is 12.8. The normalized spacial score (nSPS) is 19.4. The molecule has 1 aromatic carbocycles. The second kappa shape index (κ2) is 7.92. The summed E-state index contributed by atoms with van der Waals surface area (Å²) >= 11 is 0. The van der Waals surface area contributed by atoms with E-state index in [1.165, 1.54) is 0 Å². The van der Waals surface area contributed by atoms with E-state index in [2.05, 4.69) is 16.4 Å². The highest BCUT2D eigenvalue weighted by Crippen LogP contribution is 2.33. The predicted molar refractivity (Wildman–Crippen MR) is 114 cm³/mol. The lowest BCUT2D eigenvalue weighted by molar-refractivity contribution is -0.00257. The lowest BCUT2D eigenvalue weighted by Crippen LogP contribution is -2.41. The fraction of sp³-hybridized carbons (Fsp3) is 0.375. The minimum atomic E-state index is -0.682. The molecule has 2 N–H and O–H groups in total. The number of hydrogen-bond donors (Lipinski definition) is 2. The minimum Gasteiger partial charge on any atom is -0.464 e. The summed E-state index contributed by atoms with van der Waals surface area (Å²) < 4.78 is 5.43. The number of nitrogens with zero attached hydrogens (tertiary/aromatic N) is 2. The Balaban J connectivity index is 1.52. The number of carbonyl (C=O) groups is 1. The molecule has 6 heteroatoms. The fourth-order valence-corrected chi connectivity index (χ4v) is 4.31. The van der Waals surface area contributed by atoms with Gasteiger partial charge < -0.3 is 14.8 Å². The third kappa shape index (κ3) is 3.94. The van der Waals surface area contributed by atoms with Gasteiger partial charge in [0.05, 0.1) is 29.2 Å². The molecule has 0 aliphatic heterocycles. The molecule has 1 fully saturated rings. The topological polar surface area (TPSA) is 99.2 Å². The number of aromatic nitrogens is 1. The second-order valence-corrected chi connectivity index (χ2v) is 8.54. The number of aliphatic hydroxyl groups is 1. The summed E-state index contributed by atoms with van der Waals surface area (Å²) in [6, 6.07) is 11.0. The van der Waals surface area contributed by atoms with Crippen LogP contribution < -0.4 is 5.32 Å². The van der Waals surface area contributed by atoms with E-state index < -0.39 is 5.60 Å². The van der Waals surface area contributed by atoms with E-state index >= 15 is 0 Å². The van der Waals surface area contributed by atoms with Gasteiger partial charge in [0.2, 0.25) is 0 Å². The van der Waals surface area contributed by atoms with Crippen molar-refractivity contribution >= 4 is 16.9 Å². The summed E-state index contributed by atoms with van der Waals surface area (Å²) in [5.41, 5.74) is 2.21. The lowest BCUT2D eigenvalue weighted by Gasteiger charge is -2.36. The van der Waals surface area contributed by atoms with Crippen molar-refractivity contribution < 1.29 is 14.3 Å². The highest BCUT2D eigenvalue weighted by molar-refractivity contribution is 5.97. The van der Waals surface area contributed by atoms with E-state index in [0.717, 1.165) is 31.1 Å². The molecule has 1 saturated carbocycles. The molecule has 30 heavy (non-hydrogen) atoms. The molecular formula is C24H25N3O3. The van der Waals surface area contributed by atoms with Crippen LogP contribution in [0.5, 0.6) is 0 Å². The number of nitriles is 1. The number of benzene rings is 1. The lowest BCUT2D eigenvalue weighted by atomic mass is 9.77. The first-order chi connectivity index (χ1) is 14.4. The maximum atomic E-state index is 12.8. The van der Waals surface area contributed by atoms with E-state index in [0.29, 0.717) is 28.0 Å². The van der Waals surface area contributed by atoms with Gasteiger partial charge in [0, 0.05) is 28.8 Å². The number of carbonyl (C=O) groups excluding carboxylic acids is 1. The van der Waals surface area contributed by atoms with E-state index in [4.69, 9.17) is 4.42 Å². The number of furan rings is 1. The third-order valence-electron chi connectivity index (χ3n) is 6.10. The maximum Gasteiger partial charge on any atom is 0.251 e. The Hall–Kier alpha value is -3.17. The average Bonchev–Trinajstić information content (AvgIpc) is 3.22. The summed E-state index contributed by atoms with van der Waals surface area (Å²) in [7, 11) is 0. The molecule has 0 saturated heterocycles. The SMILES string of the molecule is CC(C)(O)[C@H]1CC[C@H](NC(=O)c2ccc(-c3nccc4occc34)c(C#N)c2)CC1. The van der Waals surface area contributed by atoms with Gasteiger partial charge in [-0.2, -0.15) is 5.26 Å². The van der Waals surface area contributed by atoms with Crippen molar-refractivity contribution in [3.63, 3.8) is 0 Å². The van der Waals surface area contributed by atoms with Crippen LogP contribution in [-0.2, 0) is 0 Å². The number of nitrogens with one attached hydrogen (secondary N) is 1. The van der Waals surface area contributed by atoms with Crippen molar-refractivity contribution in [3.8, 4) is 17.3 Å². The molecule has 154 valence electrons. The Labute approximate surface area is 175 Å². The van der Waals surface area contributed by atoms with Crippen molar-refractivity contribution in [1.82, 2.24) is 10.3 Å². The summed E-state index contributed by atoms with van der Waals surface area (Å²) in [6.45, 7) is 3.70. The van der Waals surface area contributed by atoms with Crippen molar-refractivity contribution in [3.05, 3.63) is 53.9 Å². The molecule has 1 aliphatic rings. The second-order valence-electron chi connectivity index (χ2n) is 8.54. The minimum absolute atomic E-state index is 0.0858. The predicted octanol–water partition coefficient (Wildman–Crippen LogP) is 4.43. The Morgan fingerprint density at radius 3 is 2.70 bits per heavy atom. The van der Waals surface area contributed by atoms with E-state index in [1.807, 2.05) is 19.9 Å². The summed E-state index contributed by atoms with van der Waals surface area (Å²) in [4.78, 5) is 17.2. The van der Waals surface area contributed by atoms with Crippen LogP contribution in [0.3, 0.4) is 0 Å². The van der Waals surface area contributed by atoms with Crippen LogP contribution in [-0.4, -0.2) is 27.6 Å².